The van der Waals surface area contributed by atoms with Crippen LogP contribution in [-0.4, -0.2) is 47.3 Å². The van der Waals surface area contributed by atoms with E-state index in [2.05, 4.69) is 0 Å². The number of nitrogens with two attached hydrogens (primary N) is 1. The Balaban J connectivity index is 2.53. The summed E-state index contributed by atoms with van der Waals surface area (Å²) in [5.41, 5.74) is 4.47. The molecule has 2 atom stereocenters. The molecule has 106 valence electrons. The number of aliphatic carboxylic acids is 1. The van der Waals surface area contributed by atoms with Gasteiger partial charge in [0.05, 0.1) is 6.42 Å². The molecule has 0 radical (unpaired) electrons. The summed E-state index contributed by atoms with van der Waals surface area (Å²) < 4.78 is 36.4. The van der Waals surface area contributed by atoms with E-state index in [0.717, 1.165) is 0 Å². The number of halogens is 3. The highest BCUT2D eigenvalue weighted by Gasteiger charge is 2.40. The van der Waals surface area contributed by atoms with Gasteiger partial charge < -0.3 is 15.7 Å². The molecule has 1 aliphatic rings. The van der Waals surface area contributed by atoms with Crippen molar-refractivity contribution in [1.29, 1.82) is 0 Å². The molecule has 0 aliphatic heterocycles. The Hall–Kier alpha value is -0.820. The monoisotopic (exact) mass is 268 g/mol. The highest BCUT2D eigenvalue weighted by Crippen LogP contribution is 2.30. The molecule has 18 heavy (non-hydrogen) atoms. The first-order valence-electron chi connectivity index (χ1n) is 5.93. The van der Waals surface area contributed by atoms with Crippen molar-refractivity contribution in [2.45, 2.75) is 49.9 Å². The third-order valence-corrected chi connectivity index (χ3v) is 3.56. The number of hydrogen-bond acceptors (Lipinski definition) is 3. The lowest BCUT2D eigenvalue weighted by Gasteiger charge is -2.39. The number of alkyl halides is 3. The van der Waals surface area contributed by atoms with Crippen LogP contribution in [0.2, 0.25) is 0 Å². The summed E-state index contributed by atoms with van der Waals surface area (Å²) in [5.74, 6) is -1.07. The molecule has 1 aliphatic carbocycles. The number of hydrogen-bond donors (Lipinski definition) is 2. The molecule has 0 saturated heterocycles. The first-order valence-corrected chi connectivity index (χ1v) is 5.93. The Kier molecular flexibility index (Phi) is 4.61. The molecule has 0 spiro atoms. The van der Waals surface area contributed by atoms with Crippen molar-refractivity contribution < 1.29 is 23.1 Å². The topological polar surface area (TPSA) is 66.6 Å². The largest absolute Gasteiger partial charge is 0.480 e. The molecular weight excluding hydrogens is 249 g/mol. The lowest BCUT2D eigenvalue weighted by atomic mass is 9.79. The molecule has 0 bridgehead atoms. The van der Waals surface area contributed by atoms with Crippen LogP contribution in [-0.2, 0) is 4.79 Å². The minimum Gasteiger partial charge on any atom is -0.480 e. The van der Waals surface area contributed by atoms with Crippen molar-refractivity contribution in [3.05, 3.63) is 0 Å². The van der Waals surface area contributed by atoms with Crippen LogP contribution < -0.4 is 5.73 Å². The van der Waals surface area contributed by atoms with Crippen LogP contribution in [0.4, 0.5) is 13.2 Å². The minimum absolute atomic E-state index is 0.121. The first-order chi connectivity index (χ1) is 8.14. The van der Waals surface area contributed by atoms with Crippen LogP contribution >= 0.6 is 0 Å². The van der Waals surface area contributed by atoms with Crippen molar-refractivity contribution in [2.24, 2.45) is 5.73 Å². The van der Waals surface area contributed by atoms with Crippen molar-refractivity contribution in [3.8, 4) is 0 Å². The lowest BCUT2D eigenvalue weighted by molar-refractivity contribution is -0.147. The summed E-state index contributed by atoms with van der Waals surface area (Å²) in [4.78, 5) is 12.6. The SMILES string of the molecule is CN(CCC(F)(F)F)C1CCCC(N)(C(=O)O)C1. The molecule has 2 unspecified atom stereocenters. The predicted octanol–water partition coefficient (Wildman–Crippen LogP) is 1.60. The van der Waals surface area contributed by atoms with E-state index in [1.807, 2.05) is 0 Å². The molecule has 1 fully saturated rings. The fraction of sp³-hybridized carbons (Fsp3) is 0.909. The van der Waals surface area contributed by atoms with Crippen molar-refractivity contribution in [1.82, 2.24) is 4.90 Å². The number of carboxylic acid groups (broad SMARTS) is 1. The Morgan fingerprint density at radius 3 is 2.67 bits per heavy atom. The van der Waals surface area contributed by atoms with E-state index in [1.54, 1.807) is 11.9 Å². The molecule has 3 N–H and O–H groups in total. The van der Waals surface area contributed by atoms with E-state index in [4.69, 9.17) is 10.8 Å². The van der Waals surface area contributed by atoms with E-state index in [0.29, 0.717) is 19.3 Å². The number of carboxylic acids is 1. The van der Waals surface area contributed by atoms with Gasteiger partial charge in [-0.2, -0.15) is 13.2 Å². The quantitative estimate of drug-likeness (QED) is 0.812. The van der Waals surface area contributed by atoms with Gasteiger partial charge in [0.1, 0.15) is 5.54 Å². The maximum atomic E-state index is 12.1. The van der Waals surface area contributed by atoms with Crippen LogP contribution in [0.5, 0.6) is 0 Å². The summed E-state index contributed by atoms with van der Waals surface area (Å²) in [6.45, 7) is -0.121. The Morgan fingerprint density at radius 1 is 1.56 bits per heavy atom. The molecule has 0 heterocycles. The van der Waals surface area contributed by atoms with Crippen molar-refractivity contribution >= 4 is 5.97 Å². The Bertz CT molecular complexity index is 309. The zero-order chi connectivity index (χ0) is 14.0. The van der Waals surface area contributed by atoms with E-state index < -0.39 is 24.1 Å². The zero-order valence-corrected chi connectivity index (χ0v) is 10.3. The van der Waals surface area contributed by atoms with Crippen LogP contribution in [0, 0.1) is 0 Å². The normalized spacial score (nSPS) is 29.6. The van der Waals surface area contributed by atoms with Crippen LogP contribution in [0.1, 0.15) is 32.1 Å². The van der Waals surface area contributed by atoms with Gasteiger partial charge in [-0.3, -0.25) is 4.79 Å². The van der Waals surface area contributed by atoms with Crippen LogP contribution in [0.25, 0.3) is 0 Å². The van der Waals surface area contributed by atoms with Gasteiger partial charge in [-0.15, -0.1) is 0 Å². The maximum Gasteiger partial charge on any atom is 0.390 e. The summed E-state index contributed by atoms with van der Waals surface area (Å²) in [7, 11) is 1.59. The van der Waals surface area contributed by atoms with Crippen LogP contribution in [0.15, 0.2) is 0 Å². The Labute approximate surface area is 104 Å². The van der Waals surface area contributed by atoms with Gasteiger partial charge in [-0.25, -0.2) is 0 Å². The van der Waals surface area contributed by atoms with E-state index in [9.17, 15) is 18.0 Å². The summed E-state index contributed by atoms with van der Waals surface area (Å²) in [6.07, 6.45) is -3.16. The second kappa shape index (κ2) is 5.44. The number of nitrogens with zero attached hydrogens (tertiary/aromatic N) is 1. The highest BCUT2D eigenvalue weighted by atomic mass is 19.4. The van der Waals surface area contributed by atoms with E-state index in [1.165, 1.54) is 0 Å². The smallest absolute Gasteiger partial charge is 0.390 e. The summed E-state index contributed by atoms with van der Waals surface area (Å²) >= 11 is 0. The second-order valence-electron chi connectivity index (χ2n) is 5.06. The average Bonchev–Trinajstić information content (AvgIpc) is 2.24. The van der Waals surface area contributed by atoms with Gasteiger partial charge in [0.15, 0.2) is 0 Å². The molecule has 1 rings (SSSR count). The fourth-order valence-electron chi connectivity index (χ4n) is 2.33. The van der Waals surface area contributed by atoms with Gasteiger partial charge in [0.2, 0.25) is 0 Å². The molecular formula is C11H19F3N2O2. The third kappa shape index (κ3) is 4.13. The predicted molar refractivity (Wildman–Crippen MR) is 60.1 cm³/mol. The summed E-state index contributed by atoms with van der Waals surface area (Å²) in [5, 5.41) is 9.03. The summed E-state index contributed by atoms with van der Waals surface area (Å²) in [6, 6.07) is -0.192. The molecule has 4 nitrogen and oxygen atoms in total. The molecule has 0 aromatic heterocycles. The molecule has 0 amide bonds. The Morgan fingerprint density at radius 2 is 2.17 bits per heavy atom. The second-order valence-corrected chi connectivity index (χ2v) is 5.06. The fourth-order valence-corrected chi connectivity index (χ4v) is 2.33. The van der Waals surface area contributed by atoms with Gasteiger partial charge in [-0.05, 0) is 32.7 Å². The molecule has 0 aromatic rings. The van der Waals surface area contributed by atoms with Gasteiger partial charge >= 0.3 is 12.1 Å². The highest BCUT2D eigenvalue weighted by molar-refractivity contribution is 5.78. The molecule has 1 saturated carbocycles. The maximum absolute atomic E-state index is 12.1. The van der Waals surface area contributed by atoms with E-state index >= 15 is 0 Å². The standard InChI is InChI=1S/C11H19F3N2O2/c1-16(6-5-11(12,13)14)8-3-2-4-10(15,7-8)9(17)18/h8H,2-7,15H2,1H3,(H,17,18). The van der Waals surface area contributed by atoms with E-state index in [-0.39, 0.29) is 19.0 Å². The number of carbonyl (C=O) groups is 1. The lowest BCUT2D eigenvalue weighted by Crippen LogP contribution is -2.55. The average molecular weight is 268 g/mol. The van der Waals surface area contributed by atoms with Gasteiger partial charge in [0, 0.05) is 12.6 Å². The first kappa shape index (κ1) is 15.2. The zero-order valence-electron chi connectivity index (χ0n) is 10.3. The van der Waals surface area contributed by atoms with Gasteiger partial charge in [-0.1, -0.05) is 0 Å². The minimum atomic E-state index is -4.18. The molecule has 7 heteroatoms. The van der Waals surface area contributed by atoms with Crippen molar-refractivity contribution in [3.63, 3.8) is 0 Å². The van der Waals surface area contributed by atoms with Crippen LogP contribution in [0.3, 0.4) is 0 Å². The molecule has 0 aromatic carbocycles. The third-order valence-electron chi connectivity index (χ3n) is 3.56. The van der Waals surface area contributed by atoms with Crippen molar-refractivity contribution in [2.75, 3.05) is 13.6 Å². The van der Waals surface area contributed by atoms with Gasteiger partial charge in [0.25, 0.3) is 0 Å². The number of rotatable bonds is 4.